The highest BCUT2D eigenvalue weighted by atomic mass is 79.9. The molecule has 3 aromatic carbocycles. The van der Waals surface area contributed by atoms with Gasteiger partial charge in [-0.05, 0) is 48.7 Å². The van der Waals surface area contributed by atoms with E-state index < -0.39 is 0 Å². The lowest BCUT2D eigenvalue weighted by molar-refractivity contribution is 0.269. The van der Waals surface area contributed by atoms with Crippen molar-refractivity contribution in [1.29, 1.82) is 0 Å². The third kappa shape index (κ3) is 6.23. The van der Waals surface area contributed by atoms with Gasteiger partial charge in [0, 0.05) is 22.6 Å². The Morgan fingerprint density at radius 2 is 1.59 bits per heavy atom. The van der Waals surface area contributed by atoms with Crippen LogP contribution in [0.25, 0.3) is 0 Å². The van der Waals surface area contributed by atoms with Gasteiger partial charge in [0.1, 0.15) is 6.61 Å². The monoisotopic (exact) mass is 473 g/mol. The van der Waals surface area contributed by atoms with Gasteiger partial charge in [-0.15, -0.1) is 0 Å². The van der Waals surface area contributed by atoms with Crippen LogP contribution in [-0.2, 0) is 19.7 Å². The zero-order chi connectivity index (χ0) is 20.6. The molecular weight excluding hydrogens is 450 g/mol. The SMILES string of the molecule is CCOc1cc(CNCc2ccccc2Cl)c(Br)cc1OCc1ccc(C)cc1. The summed E-state index contributed by atoms with van der Waals surface area (Å²) in [7, 11) is 0. The molecule has 3 aromatic rings. The Labute approximate surface area is 186 Å². The van der Waals surface area contributed by atoms with Crippen molar-refractivity contribution >= 4 is 27.5 Å². The summed E-state index contributed by atoms with van der Waals surface area (Å²) in [6, 6.07) is 20.2. The van der Waals surface area contributed by atoms with Crippen LogP contribution >= 0.6 is 27.5 Å². The van der Waals surface area contributed by atoms with Crippen molar-refractivity contribution in [2.75, 3.05) is 6.61 Å². The van der Waals surface area contributed by atoms with Crippen molar-refractivity contribution in [2.45, 2.75) is 33.5 Å². The van der Waals surface area contributed by atoms with Gasteiger partial charge < -0.3 is 14.8 Å². The van der Waals surface area contributed by atoms with Gasteiger partial charge in [-0.1, -0.05) is 75.6 Å². The van der Waals surface area contributed by atoms with E-state index in [-0.39, 0.29) is 0 Å². The molecule has 29 heavy (non-hydrogen) atoms. The predicted octanol–water partition coefficient (Wildman–Crippen LogP) is 6.68. The van der Waals surface area contributed by atoms with Gasteiger partial charge >= 0.3 is 0 Å². The molecule has 3 nitrogen and oxygen atoms in total. The maximum absolute atomic E-state index is 6.23. The molecule has 0 amide bonds. The number of hydrogen-bond donors (Lipinski definition) is 1. The minimum atomic E-state index is 0.497. The molecule has 0 unspecified atom stereocenters. The average Bonchev–Trinajstić information content (AvgIpc) is 2.71. The van der Waals surface area contributed by atoms with Gasteiger partial charge in [-0.3, -0.25) is 0 Å². The summed E-state index contributed by atoms with van der Waals surface area (Å²) >= 11 is 9.90. The van der Waals surface area contributed by atoms with E-state index in [1.54, 1.807) is 0 Å². The number of aryl methyl sites for hydroxylation is 1. The van der Waals surface area contributed by atoms with E-state index in [1.807, 2.05) is 43.3 Å². The van der Waals surface area contributed by atoms with Crippen LogP contribution < -0.4 is 14.8 Å². The lowest BCUT2D eigenvalue weighted by Gasteiger charge is -2.16. The second-order valence-electron chi connectivity index (χ2n) is 6.79. The third-order valence-electron chi connectivity index (χ3n) is 4.52. The first kappa shape index (κ1) is 21.7. The molecule has 0 spiro atoms. The molecule has 152 valence electrons. The third-order valence-corrected chi connectivity index (χ3v) is 5.62. The molecule has 0 saturated heterocycles. The van der Waals surface area contributed by atoms with E-state index in [0.717, 1.165) is 37.7 Å². The van der Waals surface area contributed by atoms with E-state index >= 15 is 0 Å². The molecule has 0 heterocycles. The Kier molecular flexibility index (Phi) is 7.99. The van der Waals surface area contributed by atoms with Crippen LogP contribution in [0.4, 0.5) is 0 Å². The van der Waals surface area contributed by atoms with Crippen molar-refractivity contribution in [1.82, 2.24) is 5.32 Å². The lowest BCUT2D eigenvalue weighted by atomic mass is 10.1. The number of rotatable bonds is 9. The zero-order valence-electron chi connectivity index (χ0n) is 16.7. The molecule has 5 heteroatoms. The van der Waals surface area contributed by atoms with Crippen LogP contribution in [-0.4, -0.2) is 6.61 Å². The molecule has 0 aliphatic rings. The quantitative estimate of drug-likeness (QED) is 0.375. The molecule has 0 atom stereocenters. The zero-order valence-corrected chi connectivity index (χ0v) is 19.0. The first-order valence-electron chi connectivity index (χ1n) is 9.64. The maximum atomic E-state index is 6.23. The highest BCUT2D eigenvalue weighted by Crippen LogP contribution is 2.34. The molecule has 0 aromatic heterocycles. The van der Waals surface area contributed by atoms with Crippen LogP contribution in [0.5, 0.6) is 11.5 Å². The molecule has 0 radical (unpaired) electrons. The molecule has 1 N–H and O–H groups in total. The smallest absolute Gasteiger partial charge is 0.162 e. The lowest BCUT2D eigenvalue weighted by Crippen LogP contribution is -2.13. The molecule has 0 aliphatic heterocycles. The molecule has 0 aliphatic carbocycles. The van der Waals surface area contributed by atoms with Crippen LogP contribution in [0.1, 0.15) is 29.2 Å². The number of halogens is 2. The summed E-state index contributed by atoms with van der Waals surface area (Å²) in [5.41, 5.74) is 4.54. The number of nitrogens with one attached hydrogen (secondary N) is 1. The molecular formula is C24H25BrClNO2. The summed E-state index contributed by atoms with van der Waals surface area (Å²) in [5, 5.41) is 4.21. The first-order valence-corrected chi connectivity index (χ1v) is 10.8. The van der Waals surface area contributed by atoms with Crippen LogP contribution in [0, 0.1) is 6.92 Å². The Morgan fingerprint density at radius 1 is 0.897 bits per heavy atom. The van der Waals surface area contributed by atoms with Crippen molar-refractivity contribution in [3.63, 3.8) is 0 Å². The number of ether oxygens (including phenoxy) is 2. The van der Waals surface area contributed by atoms with E-state index in [1.165, 1.54) is 5.56 Å². The van der Waals surface area contributed by atoms with Crippen LogP contribution in [0.2, 0.25) is 5.02 Å². The maximum Gasteiger partial charge on any atom is 0.162 e. The number of benzene rings is 3. The summed E-state index contributed by atoms with van der Waals surface area (Å²) in [6.07, 6.45) is 0. The minimum absolute atomic E-state index is 0.497. The Balaban J connectivity index is 1.68. The van der Waals surface area contributed by atoms with Crippen molar-refractivity contribution in [3.8, 4) is 11.5 Å². The van der Waals surface area contributed by atoms with Crippen molar-refractivity contribution in [3.05, 3.63) is 92.4 Å². The summed E-state index contributed by atoms with van der Waals surface area (Å²) < 4.78 is 12.9. The largest absolute Gasteiger partial charge is 0.490 e. The number of hydrogen-bond acceptors (Lipinski definition) is 3. The van der Waals surface area contributed by atoms with Crippen LogP contribution in [0.15, 0.2) is 65.1 Å². The minimum Gasteiger partial charge on any atom is -0.490 e. The summed E-state index contributed by atoms with van der Waals surface area (Å²) in [6.45, 7) is 6.51. The topological polar surface area (TPSA) is 30.5 Å². The van der Waals surface area contributed by atoms with Gasteiger partial charge in [0.2, 0.25) is 0 Å². The molecule has 0 bridgehead atoms. The Morgan fingerprint density at radius 3 is 2.31 bits per heavy atom. The standard InChI is InChI=1S/C24H25BrClNO2/c1-3-28-23-12-20(15-27-14-19-6-4-5-7-22(19)26)21(25)13-24(23)29-16-18-10-8-17(2)9-11-18/h4-13,27H,3,14-16H2,1-2H3. The van der Waals surface area contributed by atoms with Crippen molar-refractivity contribution < 1.29 is 9.47 Å². The second kappa shape index (κ2) is 10.7. The predicted molar refractivity (Wildman–Crippen MR) is 123 cm³/mol. The van der Waals surface area contributed by atoms with E-state index in [2.05, 4.69) is 52.4 Å². The highest BCUT2D eigenvalue weighted by molar-refractivity contribution is 9.10. The van der Waals surface area contributed by atoms with Gasteiger partial charge in [0.25, 0.3) is 0 Å². The average molecular weight is 475 g/mol. The van der Waals surface area contributed by atoms with E-state index in [0.29, 0.717) is 26.3 Å². The normalized spacial score (nSPS) is 10.8. The van der Waals surface area contributed by atoms with Crippen LogP contribution in [0.3, 0.4) is 0 Å². The van der Waals surface area contributed by atoms with Gasteiger partial charge in [-0.25, -0.2) is 0 Å². The van der Waals surface area contributed by atoms with Crippen molar-refractivity contribution in [2.24, 2.45) is 0 Å². The summed E-state index contributed by atoms with van der Waals surface area (Å²) in [4.78, 5) is 0. The Hall–Kier alpha value is -2.01. The van der Waals surface area contributed by atoms with E-state index in [4.69, 9.17) is 21.1 Å². The fourth-order valence-electron chi connectivity index (χ4n) is 2.91. The first-order chi connectivity index (χ1) is 14.1. The molecule has 0 saturated carbocycles. The van der Waals surface area contributed by atoms with Gasteiger partial charge in [-0.2, -0.15) is 0 Å². The molecule has 0 fully saturated rings. The molecule has 3 rings (SSSR count). The van der Waals surface area contributed by atoms with E-state index in [9.17, 15) is 0 Å². The van der Waals surface area contributed by atoms with Gasteiger partial charge in [0.15, 0.2) is 11.5 Å². The fraction of sp³-hybridized carbons (Fsp3) is 0.250. The fourth-order valence-corrected chi connectivity index (χ4v) is 3.58. The summed E-state index contributed by atoms with van der Waals surface area (Å²) in [5.74, 6) is 1.48. The highest BCUT2D eigenvalue weighted by Gasteiger charge is 2.11. The second-order valence-corrected chi connectivity index (χ2v) is 8.05. The van der Waals surface area contributed by atoms with Gasteiger partial charge in [0.05, 0.1) is 6.61 Å². The Bertz CT molecular complexity index is 944.